The van der Waals surface area contributed by atoms with Gasteiger partial charge in [-0.15, -0.1) is 0 Å². The Labute approximate surface area is 119 Å². The van der Waals surface area contributed by atoms with Crippen molar-refractivity contribution in [2.24, 2.45) is 5.92 Å². The predicted octanol–water partition coefficient (Wildman–Crippen LogP) is 3.84. The molecular formula is C14H21ClN2O2. The molecule has 0 aromatic carbocycles. The van der Waals surface area contributed by atoms with Crippen molar-refractivity contribution in [2.45, 2.75) is 53.1 Å². The zero-order valence-electron chi connectivity index (χ0n) is 12.1. The van der Waals surface area contributed by atoms with Gasteiger partial charge in [-0.3, -0.25) is 0 Å². The lowest BCUT2D eigenvalue weighted by Gasteiger charge is -2.15. The summed E-state index contributed by atoms with van der Waals surface area (Å²) in [6.45, 7) is 9.95. The van der Waals surface area contributed by atoms with Gasteiger partial charge >= 0.3 is 5.97 Å². The van der Waals surface area contributed by atoms with Crippen LogP contribution in [0.1, 0.15) is 63.3 Å². The molecule has 106 valence electrons. The fourth-order valence-electron chi connectivity index (χ4n) is 1.75. The minimum absolute atomic E-state index is 0.136. The van der Waals surface area contributed by atoms with Crippen molar-refractivity contribution in [2.75, 3.05) is 0 Å². The second-order valence-corrected chi connectivity index (χ2v) is 5.83. The Morgan fingerprint density at radius 2 is 1.95 bits per heavy atom. The lowest BCUT2D eigenvalue weighted by molar-refractivity contribution is 0.0292. The Hall–Kier alpha value is -1.16. The fourth-order valence-corrected chi connectivity index (χ4v) is 1.92. The van der Waals surface area contributed by atoms with Crippen LogP contribution < -0.4 is 0 Å². The maximum absolute atomic E-state index is 12.0. The maximum atomic E-state index is 12.0. The number of carbonyl (C=O) groups excluding carboxylic acids is 1. The molecule has 1 aromatic heterocycles. The lowest BCUT2D eigenvalue weighted by atomic mass is 10.1. The third-order valence-corrected chi connectivity index (χ3v) is 2.86. The van der Waals surface area contributed by atoms with E-state index >= 15 is 0 Å². The van der Waals surface area contributed by atoms with Gasteiger partial charge in [-0.2, -0.15) is 0 Å². The van der Waals surface area contributed by atoms with E-state index in [2.05, 4.69) is 23.8 Å². The van der Waals surface area contributed by atoms with Crippen molar-refractivity contribution < 1.29 is 9.53 Å². The summed E-state index contributed by atoms with van der Waals surface area (Å²) in [6.07, 6.45) is 2.11. The summed E-state index contributed by atoms with van der Waals surface area (Å²) in [5.74, 6) is 0.710. The lowest BCUT2D eigenvalue weighted by Crippen LogP contribution is -2.19. The van der Waals surface area contributed by atoms with Crippen LogP contribution in [-0.2, 0) is 4.74 Å². The monoisotopic (exact) mass is 284 g/mol. The molecule has 0 saturated carbocycles. The molecule has 1 rings (SSSR count). The molecule has 1 atom stereocenters. The number of ether oxygens (including phenoxy) is 1. The Morgan fingerprint density at radius 1 is 1.32 bits per heavy atom. The molecule has 0 amide bonds. The molecule has 0 aliphatic carbocycles. The maximum Gasteiger partial charge on any atom is 0.358 e. The van der Waals surface area contributed by atoms with E-state index in [1.807, 2.05) is 20.8 Å². The molecule has 0 aliphatic heterocycles. The molecule has 4 nitrogen and oxygen atoms in total. The van der Waals surface area contributed by atoms with Crippen LogP contribution in [0.25, 0.3) is 0 Å². The molecule has 5 heteroatoms. The van der Waals surface area contributed by atoms with E-state index in [0.29, 0.717) is 11.7 Å². The molecule has 1 unspecified atom stereocenters. The van der Waals surface area contributed by atoms with Crippen LogP contribution in [0, 0.1) is 5.92 Å². The molecule has 0 radical (unpaired) electrons. The summed E-state index contributed by atoms with van der Waals surface area (Å²) in [7, 11) is 0. The fraction of sp³-hybridized carbons (Fsp3) is 0.643. The molecule has 0 N–H and O–H groups in total. The van der Waals surface area contributed by atoms with Crippen molar-refractivity contribution in [1.82, 2.24) is 9.97 Å². The smallest absolute Gasteiger partial charge is 0.358 e. The van der Waals surface area contributed by atoms with Gasteiger partial charge < -0.3 is 4.74 Å². The van der Waals surface area contributed by atoms with Crippen LogP contribution in [-0.4, -0.2) is 22.0 Å². The van der Waals surface area contributed by atoms with Gasteiger partial charge in [0.1, 0.15) is 5.82 Å². The van der Waals surface area contributed by atoms with Crippen LogP contribution in [0.15, 0.2) is 6.20 Å². The predicted molar refractivity (Wildman–Crippen MR) is 75.5 cm³/mol. The summed E-state index contributed by atoms with van der Waals surface area (Å²) in [5.41, 5.74) is 0.149. The molecule has 0 saturated heterocycles. The van der Waals surface area contributed by atoms with E-state index < -0.39 is 5.97 Å². The molecule has 1 aromatic rings. The number of rotatable bonds is 5. The largest absolute Gasteiger partial charge is 0.458 e. The molecule has 0 spiro atoms. The summed E-state index contributed by atoms with van der Waals surface area (Å²) >= 11 is 5.96. The number of hydrogen-bond acceptors (Lipinski definition) is 4. The molecular weight excluding hydrogens is 264 g/mol. The van der Waals surface area contributed by atoms with Crippen molar-refractivity contribution >= 4 is 17.6 Å². The van der Waals surface area contributed by atoms with Gasteiger partial charge in [-0.05, 0) is 19.3 Å². The highest BCUT2D eigenvalue weighted by molar-refractivity contribution is 6.33. The number of aromatic nitrogens is 2. The van der Waals surface area contributed by atoms with Crippen LogP contribution in [0.5, 0.6) is 0 Å². The van der Waals surface area contributed by atoms with Crippen LogP contribution in [0.4, 0.5) is 0 Å². The average Bonchev–Trinajstić information content (AvgIpc) is 2.27. The van der Waals surface area contributed by atoms with Gasteiger partial charge in [-0.25, -0.2) is 14.8 Å². The highest BCUT2D eigenvalue weighted by Gasteiger charge is 2.19. The third kappa shape index (κ3) is 4.78. The standard InChI is InChI=1S/C14H21ClN2O2/c1-8(2)6-10(5)19-14(18)12-11(15)7-16-13(17-12)9(3)4/h7-10H,6H2,1-5H3. The number of nitrogens with zero attached hydrogens (tertiary/aromatic N) is 2. The van der Waals surface area contributed by atoms with Gasteiger partial charge in [-0.1, -0.05) is 39.3 Å². The molecule has 19 heavy (non-hydrogen) atoms. The Kier molecular flexibility index (Phi) is 5.73. The summed E-state index contributed by atoms with van der Waals surface area (Å²) in [4.78, 5) is 20.3. The number of hydrogen-bond donors (Lipinski definition) is 0. The summed E-state index contributed by atoms with van der Waals surface area (Å²) in [6, 6.07) is 0. The van der Waals surface area contributed by atoms with Crippen molar-refractivity contribution in [1.29, 1.82) is 0 Å². The molecule has 0 aliphatic rings. The van der Waals surface area contributed by atoms with E-state index in [1.54, 1.807) is 0 Å². The van der Waals surface area contributed by atoms with Crippen LogP contribution >= 0.6 is 11.6 Å². The molecule has 1 heterocycles. The minimum atomic E-state index is -0.484. The zero-order chi connectivity index (χ0) is 14.6. The third-order valence-electron chi connectivity index (χ3n) is 2.58. The summed E-state index contributed by atoms with van der Waals surface area (Å²) < 4.78 is 5.35. The average molecular weight is 285 g/mol. The normalized spacial score (nSPS) is 12.8. The van der Waals surface area contributed by atoms with E-state index in [9.17, 15) is 4.79 Å². The van der Waals surface area contributed by atoms with E-state index in [0.717, 1.165) is 6.42 Å². The topological polar surface area (TPSA) is 52.1 Å². The first-order chi connectivity index (χ1) is 8.81. The Balaban J connectivity index is 2.84. The Bertz CT molecular complexity index is 447. The number of esters is 1. The van der Waals surface area contributed by atoms with Crippen LogP contribution in [0.3, 0.4) is 0 Å². The first kappa shape index (κ1) is 15.9. The highest BCUT2D eigenvalue weighted by Crippen LogP contribution is 2.18. The van der Waals surface area contributed by atoms with Crippen molar-refractivity contribution in [3.05, 3.63) is 22.7 Å². The highest BCUT2D eigenvalue weighted by atomic mass is 35.5. The van der Waals surface area contributed by atoms with Gasteiger partial charge in [0, 0.05) is 5.92 Å². The Morgan fingerprint density at radius 3 is 2.47 bits per heavy atom. The molecule has 0 bridgehead atoms. The van der Waals surface area contributed by atoms with Crippen LogP contribution in [0.2, 0.25) is 5.02 Å². The summed E-state index contributed by atoms with van der Waals surface area (Å²) in [5, 5.41) is 0.228. The first-order valence-corrected chi connectivity index (χ1v) is 6.92. The first-order valence-electron chi connectivity index (χ1n) is 6.54. The van der Waals surface area contributed by atoms with E-state index in [-0.39, 0.29) is 22.7 Å². The zero-order valence-corrected chi connectivity index (χ0v) is 12.9. The van der Waals surface area contributed by atoms with E-state index in [4.69, 9.17) is 16.3 Å². The number of carbonyl (C=O) groups is 1. The van der Waals surface area contributed by atoms with Gasteiger partial charge in [0.15, 0.2) is 5.69 Å². The quantitative estimate of drug-likeness (QED) is 0.771. The van der Waals surface area contributed by atoms with Gasteiger partial charge in [0.25, 0.3) is 0 Å². The molecule has 0 fully saturated rings. The van der Waals surface area contributed by atoms with Crippen molar-refractivity contribution in [3.8, 4) is 0 Å². The minimum Gasteiger partial charge on any atom is -0.458 e. The number of halogens is 1. The van der Waals surface area contributed by atoms with Gasteiger partial charge in [0.05, 0.1) is 17.3 Å². The second-order valence-electron chi connectivity index (χ2n) is 5.42. The van der Waals surface area contributed by atoms with Gasteiger partial charge in [0.2, 0.25) is 0 Å². The van der Waals surface area contributed by atoms with Crippen molar-refractivity contribution in [3.63, 3.8) is 0 Å². The van der Waals surface area contributed by atoms with E-state index in [1.165, 1.54) is 6.20 Å². The second kappa shape index (κ2) is 6.85. The SMILES string of the molecule is CC(C)CC(C)OC(=O)c1nc(C(C)C)ncc1Cl.